The maximum atomic E-state index is 10.5. The minimum absolute atomic E-state index is 0. The molecule has 0 aliphatic heterocycles. The molecule has 0 heterocycles. The van der Waals surface area contributed by atoms with E-state index in [2.05, 4.69) is 10.1 Å². The fraction of sp³-hybridized carbons (Fsp3) is 0.625. The van der Waals surface area contributed by atoms with Crippen molar-refractivity contribution in [1.29, 1.82) is 0 Å². The highest BCUT2D eigenvalue weighted by molar-refractivity contribution is 5.85. The molecule has 0 bridgehead atoms. The maximum absolute atomic E-state index is 10.5. The molecule has 0 aromatic heterocycles. The summed E-state index contributed by atoms with van der Waals surface area (Å²) in [4.78, 5) is 10.5. The predicted octanol–water partition coefficient (Wildman–Crippen LogP) is 1.14. The van der Waals surface area contributed by atoms with E-state index in [9.17, 15) is 4.79 Å². The Morgan fingerprint density at radius 2 is 2.17 bits per heavy atom. The summed E-state index contributed by atoms with van der Waals surface area (Å²) in [6.07, 6.45) is 3.15. The van der Waals surface area contributed by atoms with Crippen LogP contribution in [0, 0.1) is 0 Å². The summed E-state index contributed by atoms with van der Waals surface area (Å²) < 4.78 is 4.40. The van der Waals surface area contributed by atoms with Gasteiger partial charge in [0.15, 0.2) is 0 Å². The van der Waals surface area contributed by atoms with Crippen LogP contribution in [0.3, 0.4) is 0 Å². The second-order valence-electron chi connectivity index (χ2n) is 2.49. The topological polar surface area (TPSA) is 38.3 Å². The van der Waals surface area contributed by atoms with E-state index in [-0.39, 0.29) is 18.4 Å². The summed E-state index contributed by atoms with van der Waals surface area (Å²) in [5.74, 6) is -0.310. The van der Waals surface area contributed by atoms with Gasteiger partial charge in [0.05, 0.1) is 7.11 Å². The smallest absolute Gasteiger partial charge is 0.330 e. The van der Waals surface area contributed by atoms with Crippen LogP contribution >= 0.6 is 12.4 Å². The molecule has 3 nitrogen and oxygen atoms in total. The predicted molar refractivity (Wildman–Crippen MR) is 51.5 cm³/mol. The second-order valence-corrected chi connectivity index (χ2v) is 2.49. The van der Waals surface area contributed by atoms with E-state index in [1.54, 1.807) is 6.08 Å². The third kappa shape index (κ3) is 9.46. The quantitative estimate of drug-likeness (QED) is 0.538. The monoisotopic (exact) mass is 193 g/mol. The number of hydrogen-bond acceptors (Lipinski definition) is 3. The highest BCUT2D eigenvalue weighted by Crippen LogP contribution is 1.79. The molecule has 0 radical (unpaired) electrons. The van der Waals surface area contributed by atoms with Crippen LogP contribution in [0.25, 0.3) is 0 Å². The lowest BCUT2D eigenvalue weighted by Crippen LogP contribution is -2.22. The second kappa shape index (κ2) is 8.56. The first-order chi connectivity index (χ1) is 5.16. The molecule has 0 aromatic carbocycles. The molecule has 0 amide bonds. The molecule has 0 aliphatic carbocycles. The highest BCUT2D eigenvalue weighted by atomic mass is 35.5. The standard InChI is InChI=1S/C8H15NO2.ClH/c1-7(2)9-6-4-5-8(10)11-3;/h4-5,7,9H,6H2,1-3H3;1H/b5-4+;. The van der Waals surface area contributed by atoms with Crippen LogP contribution in [0.1, 0.15) is 13.8 Å². The summed E-state index contributed by atoms with van der Waals surface area (Å²) in [6, 6.07) is 0.442. The minimum Gasteiger partial charge on any atom is -0.466 e. The van der Waals surface area contributed by atoms with Gasteiger partial charge >= 0.3 is 5.97 Å². The summed E-state index contributed by atoms with van der Waals surface area (Å²) in [5.41, 5.74) is 0. The summed E-state index contributed by atoms with van der Waals surface area (Å²) in [7, 11) is 1.36. The van der Waals surface area contributed by atoms with Gasteiger partial charge in [-0.05, 0) is 0 Å². The largest absolute Gasteiger partial charge is 0.466 e. The first-order valence-electron chi connectivity index (χ1n) is 3.64. The van der Waals surface area contributed by atoms with E-state index in [0.29, 0.717) is 12.6 Å². The first kappa shape index (κ1) is 14.0. The fourth-order valence-corrected chi connectivity index (χ4v) is 0.527. The van der Waals surface area contributed by atoms with Gasteiger partial charge < -0.3 is 10.1 Å². The van der Waals surface area contributed by atoms with Crippen molar-refractivity contribution in [3.05, 3.63) is 12.2 Å². The normalized spacial score (nSPS) is 10.0. The lowest BCUT2D eigenvalue weighted by molar-refractivity contribution is -0.134. The molecule has 0 rings (SSSR count). The van der Waals surface area contributed by atoms with Crippen molar-refractivity contribution >= 4 is 18.4 Å². The molecular formula is C8H16ClNO2. The van der Waals surface area contributed by atoms with Crippen molar-refractivity contribution in [1.82, 2.24) is 5.32 Å². The molecular weight excluding hydrogens is 178 g/mol. The van der Waals surface area contributed by atoms with Crippen molar-refractivity contribution in [2.75, 3.05) is 13.7 Å². The molecule has 0 spiro atoms. The number of esters is 1. The van der Waals surface area contributed by atoms with Gasteiger partial charge in [0, 0.05) is 18.7 Å². The highest BCUT2D eigenvalue weighted by Gasteiger charge is 1.90. The van der Waals surface area contributed by atoms with Gasteiger partial charge in [0.1, 0.15) is 0 Å². The molecule has 0 fully saturated rings. The maximum Gasteiger partial charge on any atom is 0.330 e. The Hall–Kier alpha value is -0.540. The van der Waals surface area contributed by atoms with Crippen LogP contribution in [-0.4, -0.2) is 25.7 Å². The van der Waals surface area contributed by atoms with E-state index >= 15 is 0 Å². The molecule has 0 unspecified atom stereocenters. The van der Waals surface area contributed by atoms with Crippen molar-refractivity contribution in [2.45, 2.75) is 19.9 Å². The molecule has 4 heteroatoms. The third-order valence-corrected chi connectivity index (χ3v) is 1.10. The molecule has 0 saturated heterocycles. The number of hydrogen-bond donors (Lipinski definition) is 1. The number of nitrogens with one attached hydrogen (secondary N) is 1. The van der Waals surface area contributed by atoms with Crippen LogP contribution in [0.5, 0.6) is 0 Å². The lowest BCUT2D eigenvalue weighted by Gasteiger charge is -2.02. The summed E-state index contributed by atoms with van der Waals surface area (Å²) in [6.45, 7) is 4.80. The molecule has 12 heavy (non-hydrogen) atoms. The number of methoxy groups -OCH3 is 1. The SMILES string of the molecule is COC(=O)/C=C/CNC(C)C.Cl. The van der Waals surface area contributed by atoms with Crippen molar-refractivity contribution in [2.24, 2.45) is 0 Å². The van der Waals surface area contributed by atoms with Crippen LogP contribution in [-0.2, 0) is 9.53 Å². The average Bonchev–Trinajstić information content (AvgIpc) is 1.97. The Balaban J connectivity index is 0. The third-order valence-electron chi connectivity index (χ3n) is 1.10. The van der Waals surface area contributed by atoms with Gasteiger partial charge in [-0.2, -0.15) is 0 Å². The zero-order valence-electron chi connectivity index (χ0n) is 7.66. The summed E-state index contributed by atoms with van der Waals surface area (Å²) in [5, 5.41) is 3.13. The molecule has 0 atom stereocenters. The molecule has 1 N–H and O–H groups in total. The number of carbonyl (C=O) groups is 1. The van der Waals surface area contributed by atoms with Crippen LogP contribution < -0.4 is 5.32 Å². The minimum atomic E-state index is -0.310. The Labute approximate surface area is 79.6 Å². The molecule has 0 aromatic rings. The fourth-order valence-electron chi connectivity index (χ4n) is 0.527. The van der Waals surface area contributed by atoms with Crippen LogP contribution in [0.2, 0.25) is 0 Å². The van der Waals surface area contributed by atoms with Crippen molar-refractivity contribution in [3.8, 4) is 0 Å². The van der Waals surface area contributed by atoms with Crippen LogP contribution in [0.4, 0.5) is 0 Å². The number of rotatable bonds is 4. The molecule has 72 valence electrons. The number of ether oxygens (including phenoxy) is 1. The molecule has 0 aliphatic rings. The van der Waals surface area contributed by atoms with Gasteiger partial charge in [-0.1, -0.05) is 19.9 Å². The zero-order chi connectivity index (χ0) is 8.69. The van der Waals surface area contributed by atoms with Crippen molar-refractivity contribution < 1.29 is 9.53 Å². The Morgan fingerprint density at radius 3 is 2.58 bits per heavy atom. The van der Waals surface area contributed by atoms with Crippen molar-refractivity contribution in [3.63, 3.8) is 0 Å². The Bertz CT molecular complexity index is 146. The van der Waals surface area contributed by atoms with Gasteiger partial charge in [-0.25, -0.2) is 4.79 Å². The van der Waals surface area contributed by atoms with Crippen LogP contribution in [0.15, 0.2) is 12.2 Å². The Morgan fingerprint density at radius 1 is 1.58 bits per heavy atom. The zero-order valence-corrected chi connectivity index (χ0v) is 8.48. The van der Waals surface area contributed by atoms with Gasteiger partial charge in [-0.3, -0.25) is 0 Å². The average molecular weight is 194 g/mol. The lowest BCUT2D eigenvalue weighted by atomic mass is 10.4. The Kier molecular flexibility index (Phi) is 9.99. The van der Waals surface area contributed by atoms with E-state index in [0.717, 1.165) is 0 Å². The van der Waals surface area contributed by atoms with E-state index in [1.807, 2.05) is 13.8 Å². The van der Waals surface area contributed by atoms with Gasteiger partial charge in [0.25, 0.3) is 0 Å². The number of carbonyl (C=O) groups excluding carboxylic acids is 1. The first-order valence-corrected chi connectivity index (χ1v) is 3.64. The van der Waals surface area contributed by atoms with E-state index in [1.165, 1.54) is 13.2 Å². The molecule has 0 saturated carbocycles. The van der Waals surface area contributed by atoms with Gasteiger partial charge in [0.2, 0.25) is 0 Å². The van der Waals surface area contributed by atoms with E-state index < -0.39 is 0 Å². The number of halogens is 1. The van der Waals surface area contributed by atoms with E-state index in [4.69, 9.17) is 0 Å². The van der Waals surface area contributed by atoms with Gasteiger partial charge in [-0.15, -0.1) is 12.4 Å². The summed E-state index contributed by atoms with van der Waals surface area (Å²) >= 11 is 0.